The van der Waals surface area contributed by atoms with E-state index >= 15 is 0 Å². The van der Waals surface area contributed by atoms with Gasteiger partial charge in [-0.25, -0.2) is 4.98 Å². The Hall–Kier alpha value is -1.87. The van der Waals surface area contributed by atoms with Gasteiger partial charge in [0.2, 0.25) is 0 Å². The van der Waals surface area contributed by atoms with E-state index < -0.39 is 0 Å². The average molecular weight is 240 g/mol. The maximum Gasteiger partial charge on any atom is 0.124 e. The van der Waals surface area contributed by atoms with Crippen molar-refractivity contribution in [1.82, 2.24) is 4.98 Å². The lowest BCUT2D eigenvalue weighted by Gasteiger charge is -1.99. The van der Waals surface area contributed by atoms with Crippen LogP contribution in [0, 0.1) is 6.92 Å². The molecule has 0 saturated heterocycles. The molecule has 1 aromatic heterocycles. The van der Waals surface area contributed by atoms with Crippen molar-refractivity contribution in [3.8, 4) is 10.6 Å². The number of benzene rings is 2. The number of hydrogen-bond acceptors (Lipinski definition) is 3. The van der Waals surface area contributed by atoms with E-state index in [1.54, 1.807) is 11.3 Å². The fraction of sp³-hybridized carbons (Fsp3) is 0.0714. The van der Waals surface area contributed by atoms with Crippen molar-refractivity contribution >= 4 is 27.2 Å². The van der Waals surface area contributed by atoms with Crippen molar-refractivity contribution in [1.29, 1.82) is 0 Å². The number of rotatable bonds is 1. The zero-order chi connectivity index (χ0) is 11.8. The Bertz CT molecular complexity index is 686. The molecule has 17 heavy (non-hydrogen) atoms. The van der Waals surface area contributed by atoms with Crippen LogP contribution in [0.2, 0.25) is 0 Å². The fourth-order valence-corrected chi connectivity index (χ4v) is 2.91. The summed E-state index contributed by atoms with van der Waals surface area (Å²) in [5.74, 6) is 0. The molecule has 0 fully saturated rings. The van der Waals surface area contributed by atoms with E-state index in [1.165, 1.54) is 15.8 Å². The number of nitrogens with two attached hydrogens (primary N) is 1. The third kappa shape index (κ3) is 1.78. The average Bonchev–Trinajstić information content (AvgIpc) is 2.72. The Morgan fingerprint density at radius 2 is 1.94 bits per heavy atom. The van der Waals surface area contributed by atoms with Crippen LogP contribution in [0.4, 0.5) is 5.69 Å². The molecule has 2 N–H and O–H groups in total. The van der Waals surface area contributed by atoms with E-state index in [0.29, 0.717) is 0 Å². The number of aromatic nitrogens is 1. The van der Waals surface area contributed by atoms with Crippen LogP contribution in [0.3, 0.4) is 0 Å². The summed E-state index contributed by atoms with van der Waals surface area (Å²) in [5, 5.41) is 1.06. The molecule has 1 heterocycles. The third-order valence-electron chi connectivity index (χ3n) is 2.79. The molecule has 0 saturated carbocycles. The number of aryl methyl sites for hydroxylation is 1. The van der Waals surface area contributed by atoms with Gasteiger partial charge in [0.15, 0.2) is 0 Å². The van der Waals surface area contributed by atoms with Crippen LogP contribution in [0.5, 0.6) is 0 Å². The Labute approximate surface area is 104 Å². The van der Waals surface area contributed by atoms with E-state index in [9.17, 15) is 0 Å². The molecule has 0 spiro atoms. The normalized spacial score (nSPS) is 10.9. The molecule has 84 valence electrons. The highest BCUT2D eigenvalue weighted by Gasteiger charge is 2.07. The van der Waals surface area contributed by atoms with Crippen molar-refractivity contribution in [3.05, 3.63) is 48.0 Å². The summed E-state index contributed by atoms with van der Waals surface area (Å²) in [5.41, 5.74) is 9.96. The number of fused-ring (bicyclic) bond motifs is 1. The zero-order valence-corrected chi connectivity index (χ0v) is 10.3. The molecule has 0 aliphatic carbocycles. The van der Waals surface area contributed by atoms with Gasteiger partial charge in [-0.3, -0.25) is 0 Å². The second kappa shape index (κ2) is 3.86. The lowest BCUT2D eigenvalue weighted by molar-refractivity contribution is 1.41. The van der Waals surface area contributed by atoms with E-state index in [2.05, 4.69) is 24.0 Å². The third-order valence-corrected chi connectivity index (χ3v) is 3.86. The van der Waals surface area contributed by atoms with Crippen LogP contribution >= 0.6 is 11.3 Å². The summed E-state index contributed by atoms with van der Waals surface area (Å²) >= 11 is 1.71. The lowest BCUT2D eigenvalue weighted by Crippen LogP contribution is -1.83. The van der Waals surface area contributed by atoms with Crippen LogP contribution in [0.15, 0.2) is 42.5 Å². The van der Waals surface area contributed by atoms with Crippen molar-refractivity contribution in [2.24, 2.45) is 0 Å². The number of nitrogens with zero attached hydrogens (tertiary/aromatic N) is 1. The van der Waals surface area contributed by atoms with Crippen LogP contribution in [-0.4, -0.2) is 4.98 Å². The first-order valence-corrected chi connectivity index (χ1v) is 6.28. The monoisotopic (exact) mass is 240 g/mol. The lowest BCUT2D eigenvalue weighted by atomic mass is 10.1. The highest BCUT2D eigenvalue weighted by Crippen LogP contribution is 2.32. The molecule has 0 atom stereocenters. The van der Waals surface area contributed by atoms with Crippen molar-refractivity contribution in [2.45, 2.75) is 6.92 Å². The van der Waals surface area contributed by atoms with Crippen LogP contribution < -0.4 is 5.73 Å². The first kappa shape index (κ1) is 10.3. The minimum Gasteiger partial charge on any atom is -0.399 e. The summed E-state index contributed by atoms with van der Waals surface area (Å²) < 4.78 is 1.18. The molecule has 0 aliphatic rings. The minimum absolute atomic E-state index is 0.763. The smallest absolute Gasteiger partial charge is 0.124 e. The second-order valence-electron chi connectivity index (χ2n) is 4.06. The Balaban J connectivity index is 2.22. The number of anilines is 1. The number of nitrogen functional groups attached to an aromatic ring is 1. The molecule has 3 heteroatoms. The van der Waals surface area contributed by atoms with Crippen molar-refractivity contribution in [2.75, 3.05) is 5.73 Å². The summed E-state index contributed by atoms with van der Waals surface area (Å²) in [6, 6.07) is 14.2. The van der Waals surface area contributed by atoms with Crippen LogP contribution in [-0.2, 0) is 0 Å². The molecule has 2 aromatic carbocycles. The molecular weight excluding hydrogens is 228 g/mol. The quantitative estimate of drug-likeness (QED) is 0.656. The van der Waals surface area contributed by atoms with Gasteiger partial charge in [0.1, 0.15) is 5.01 Å². The topological polar surface area (TPSA) is 38.9 Å². The molecule has 0 bridgehead atoms. The largest absolute Gasteiger partial charge is 0.399 e. The number of thiazole rings is 1. The standard InChI is InChI=1S/C14H12N2S/c1-9-4-2-3-5-11(9)14-16-12-8-10(15)6-7-13(12)17-14/h2-8H,15H2,1H3. The summed E-state index contributed by atoms with van der Waals surface area (Å²) in [4.78, 5) is 4.64. The van der Waals surface area contributed by atoms with Gasteiger partial charge < -0.3 is 5.73 Å². The zero-order valence-electron chi connectivity index (χ0n) is 9.47. The van der Waals surface area contributed by atoms with E-state index in [1.807, 2.05) is 30.3 Å². The van der Waals surface area contributed by atoms with Crippen molar-refractivity contribution in [3.63, 3.8) is 0 Å². The predicted molar refractivity (Wildman–Crippen MR) is 74.2 cm³/mol. The predicted octanol–water partition coefficient (Wildman–Crippen LogP) is 3.85. The molecule has 0 amide bonds. The molecule has 2 nitrogen and oxygen atoms in total. The van der Waals surface area contributed by atoms with E-state index in [-0.39, 0.29) is 0 Å². The van der Waals surface area contributed by atoms with Gasteiger partial charge in [-0.05, 0) is 30.7 Å². The molecule has 0 aliphatic heterocycles. The summed E-state index contributed by atoms with van der Waals surface area (Å²) in [7, 11) is 0. The molecular formula is C14H12N2S. The molecule has 3 aromatic rings. The first-order chi connectivity index (χ1) is 8.24. The highest BCUT2D eigenvalue weighted by molar-refractivity contribution is 7.21. The van der Waals surface area contributed by atoms with Crippen LogP contribution in [0.25, 0.3) is 20.8 Å². The van der Waals surface area contributed by atoms with Gasteiger partial charge >= 0.3 is 0 Å². The summed E-state index contributed by atoms with van der Waals surface area (Å²) in [6.07, 6.45) is 0. The Morgan fingerprint density at radius 3 is 2.76 bits per heavy atom. The fourth-order valence-electron chi connectivity index (χ4n) is 1.87. The molecule has 3 rings (SSSR count). The van der Waals surface area contributed by atoms with Gasteiger partial charge in [-0.15, -0.1) is 11.3 Å². The SMILES string of the molecule is Cc1ccccc1-c1nc2cc(N)ccc2s1. The van der Waals surface area contributed by atoms with E-state index in [0.717, 1.165) is 16.2 Å². The van der Waals surface area contributed by atoms with Gasteiger partial charge in [-0.2, -0.15) is 0 Å². The summed E-state index contributed by atoms with van der Waals surface area (Å²) in [6.45, 7) is 2.11. The number of hydrogen-bond donors (Lipinski definition) is 1. The molecule has 0 unspecified atom stereocenters. The van der Waals surface area contributed by atoms with Gasteiger partial charge in [0.25, 0.3) is 0 Å². The van der Waals surface area contributed by atoms with Gasteiger partial charge in [0, 0.05) is 11.3 Å². The Kier molecular flexibility index (Phi) is 2.34. The van der Waals surface area contributed by atoms with Crippen LogP contribution in [0.1, 0.15) is 5.56 Å². The van der Waals surface area contributed by atoms with Crippen molar-refractivity contribution < 1.29 is 0 Å². The van der Waals surface area contributed by atoms with Gasteiger partial charge in [-0.1, -0.05) is 24.3 Å². The first-order valence-electron chi connectivity index (χ1n) is 5.46. The maximum atomic E-state index is 5.77. The second-order valence-corrected chi connectivity index (χ2v) is 5.09. The molecule has 0 radical (unpaired) electrons. The maximum absolute atomic E-state index is 5.77. The van der Waals surface area contributed by atoms with Gasteiger partial charge in [0.05, 0.1) is 10.2 Å². The Morgan fingerprint density at radius 1 is 1.12 bits per heavy atom. The minimum atomic E-state index is 0.763. The highest BCUT2D eigenvalue weighted by atomic mass is 32.1. The van der Waals surface area contributed by atoms with E-state index in [4.69, 9.17) is 5.73 Å².